The number of hydrogen-bond acceptors (Lipinski definition) is 5. The van der Waals surface area contributed by atoms with Crippen molar-refractivity contribution in [2.24, 2.45) is 0 Å². The molecule has 12 aromatic carbocycles. The average molecular weight is 1350 g/mol. The third-order valence-electron chi connectivity index (χ3n) is 21.5. The Morgan fingerprint density at radius 2 is 0.587 bits per heavy atom. The Balaban J connectivity index is 0.739. The van der Waals surface area contributed by atoms with Crippen LogP contribution in [0.1, 0.15) is 16.7 Å². The van der Waals surface area contributed by atoms with Gasteiger partial charge >= 0.3 is 0 Å². The van der Waals surface area contributed by atoms with E-state index in [0.717, 1.165) is 112 Å². The Bertz CT molecular complexity index is 7040. The van der Waals surface area contributed by atoms with Gasteiger partial charge in [-0.25, -0.2) is 19.9 Å². The van der Waals surface area contributed by atoms with E-state index in [-0.39, 0.29) is 0 Å². The van der Waals surface area contributed by atoms with E-state index < -0.39 is 0 Å². The second kappa shape index (κ2) is 23.4. The summed E-state index contributed by atoms with van der Waals surface area (Å²) in [7, 11) is 0. The van der Waals surface area contributed by atoms with E-state index in [1.807, 2.05) is 11.3 Å². The second-order valence-electron chi connectivity index (χ2n) is 27.3. The van der Waals surface area contributed by atoms with Crippen LogP contribution in [-0.2, 0) is 0 Å². The van der Waals surface area contributed by atoms with Crippen molar-refractivity contribution in [1.82, 2.24) is 38.2 Å². The molecule has 0 unspecified atom stereocenters. The summed E-state index contributed by atoms with van der Waals surface area (Å²) in [4.78, 5) is 21.5. The molecule has 0 fully saturated rings. The van der Waals surface area contributed by atoms with Crippen LogP contribution in [0.3, 0.4) is 0 Å². The van der Waals surface area contributed by atoms with Crippen molar-refractivity contribution in [2.75, 3.05) is 0 Å². The first kappa shape index (κ1) is 59.5. The molecule has 9 heteroatoms. The number of benzene rings is 12. The van der Waals surface area contributed by atoms with Crippen molar-refractivity contribution in [1.29, 1.82) is 0 Å². The molecule has 0 atom stereocenters. The Labute approximate surface area is 602 Å². The predicted molar refractivity (Wildman–Crippen MR) is 435 cm³/mol. The summed E-state index contributed by atoms with van der Waals surface area (Å²) in [6.45, 7) is 7.00. The number of rotatable bonds is 10. The highest BCUT2D eigenvalue weighted by atomic mass is 32.1. The molecule has 0 aliphatic rings. The van der Waals surface area contributed by atoms with Crippen molar-refractivity contribution in [3.05, 3.63) is 338 Å². The SMILES string of the molecule is Cc1cc(-c2ccccc2)c2c(sc3c(-n4c5ccccc5c5cc(-c6cccc(-c7cccc(-n8c9ccccc9c9ccccc98)n7)n6)ccc54)c(C)c(C)c(-c4ccccc4)c32)c1-n1c2ccccc2c2cc(-c3cccc(-c4cccc(-n5c6ccccc6c6ccccc65)n4)n3)ccc21. The maximum Gasteiger partial charge on any atom is 0.138 e. The Morgan fingerprint density at radius 3 is 1.04 bits per heavy atom. The summed E-state index contributed by atoms with van der Waals surface area (Å²) in [6.07, 6.45) is 0. The number of para-hydroxylation sites is 6. The molecule has 0 amide bonds. The quantitative estimate of drug-likeness (QED) is 0.137. The maximum atomic E-state index is 5.42. The Hall–Kier alpha value is -13.3. The molecule has 9 heterocycles. The lowest BCUT2D eigenvalue weighted by Crippen LogP contribution is -2.02. The minimum Gasteiger partial charge on any atom is -0.308 e. The van der Waals surface area contributed by atoms with Crippen molar-refractivity contribution >= 4 is 119 Å². The Morgan fingerprint density at radius 1 is 0.240 bits per heavy atom. The molecule has 0 spiro atoms. The van der Waals surface area contributed by atoms with Gasteiger partial charge in [-0.2, -0.15) is 0 Å². The van der Waals surface area contributed by atoms with E-state index in [1.54, 1.807) is 0 Å². The minimum absolute atomic E-state index is 0.810. The van der Waals surface area contributed by atoms with Gasteiger partial charge in [0.15, 0.2) is 0 Å². The molecule has 8 nitrogen and oxygen atoms in total. The van der Waals surface area contributed by atoms with Gasteiger partial charge in [-0.1, -0.05) is 206 Å². The molecule has 21 rings (SSSR count). The third kappa shape index (κ3) is 9.03. The maximum absolute atomic E-state index is 5.42. The first-order valence-electron chi connectivity index (χ1n) is 35.4. The Kier molecular flexibility index (Phi) is 13.4. The molecular formula is C95H62N8S. The number of fused-ring (bicyclic) bond motifs is 15. The zero-order chi connectivity index (χ0) is 68.8. The second-order valence-corrected chi connectivity index (χ2v) is 28.3. The van der Waals surface area contributed by atoms with E-state index in [4.69, 9.17) is 19.9 Å². The van der Waals surface area contributed by atoms with Gasteiger partial charge in [0.1, 0.15) is 11.6 Å². The summed E-state index contributed by atoms with van der Waals surface area (Å²) in [5, 5.41) is 12.0. The van der Waals surface area contributed by atoms with Gasteiger partial charge in [-0.15, -0.1) is 11.3 Å². The molecule has 0 N–H and O–H groups in total. The normalized spacial score (nSPS) is 12.0. The van der Waals surface area contributed by atoms with Crippen molar-refractivity contribution in [3.8, 4) is 90.6 Å². The van der Waals surface area contributed by atoms with E-state index in [0.29, 0.717) is 0 Å². The summed E-state index contributed by atoms with van der Waals surface area (Å²) in [6, 6.07) is 116. The van der Waals surface area contributed by atoms with Gasteiger partial charge in [0.2, 0.25) is 0 Å². The molecule has 9 aromatic heterocycles. The highest BCUT2D eigenvalue weighted by Gasteiger charge is 2.30. The topological polar surface area (TPSA) is 71.3 Å². The summed E-state index contributed by atoms with van der Waals surface area (Å²) in [5.41, 5.74) is 26.9. The largest absolute Gasteiger partial charge is 0.308 e. The monoisotopic (exact) mass is 1350 g/mol. The smallest absolute Gasteiger partial charge is 0.138 e. The fraction of sp³-hybridized carbons (Fsp3) is 0.0316. The lowest BCUT2D eigenvalue weighted by atomic mass is 9.88. The molecule has 21 aromatic rings. The van der Waals surface area contributed by atoms with Crippen LogP contribution in [0.2, 0.25) is 0 Å². The standard InChI is InChI=1S/C95H62N8S/c1-57-54-70(60-26-6-4-7-27-60)90-91-89(61-28-8-5-9-29-61)58(2)59(3)93(103-84-47-21-15-35-69(84)72-56-63(51-53-86(72)103)74-37-23-39-76(97-74)78-41-25-49-88(99-78)101-81-44-18-12-32-66(81)67-33-13-19-45-82(67)101)95(91)104-94(90)92(57)102-83-46-20-14-34-68(83)71-55-62(50-52-85(71)102)73-36-22-38-75(96-73)77-40-24-48-87(98-77)100-79-42-16-10-30-64(79)65-31-11-17-43-80(65)100/h4-56H,1-3H3. The van der Waals surface area contributed by atoms with E-state index >= 15 is 0 Å². The predicted octanol–water partition coefficient (Wildman–Crippen LogP) is 25.0. The van der Waals surface area contributed by atoms with Crippen LogP contribution in [0, 0.1) is 20.8 Å². The number of nitrogens with zero attached hydrogens (tertiary/aromatic N) is 8. The molecule has 0 aliphatic heterocycles. The number of thiophene rings is 1. The van der Waals surface area contributed by atoms with Crippen LogP contribution < -0.4 is 0 Å². The van der Waals surface area contributed by atoms with Crippen LogP contribution >= 0.6 is 11.3 Å². The summed E-state index contributed by atoms with van der Waals surface area (Å²) in [5.74, 6) is 1.70. The van der Waals surface area contributed by atoms with Crippen molar-refractivity contribution < 1.29 is 0 Å². The molecule has 104 heavy (non-hydrogen) atoms. The third-order valence-corrected chi connectivity index (χ3v) is 22.7. The molecule has 0 saturated carbocycles. The van der Waals surface area contributed by atoms with Crippen LogP contribution in [0.5, 0.6) is 0 Å². The number of aromatic nitrogens is 8. The molecule has 0 bridgehead atoms. The molecule has 0 saturated heterocycles. The number of pyridine rings is 4. The van der Waals surface area contributed by atoms with Gasteiger partial charge < -0.3 is 9.13 Å². The number of aryl methyl sites for hydroxylation is 1. The summed E-state index contributed by atoms with van der Waals surface area (Å²) >= 11 is 1.92. The minimum atomic E-state index is 0.810. The van der Waals surface area contributed by atoms with Crippen LogP contribution in [0.15, 0.2) is 322 Å². The van der Waals surface area contributed by atoms with Crippen LogP contribution in [0.25, 0.3) is 198 Å². The van der Waals surface area contributed by atoms with Gasteiger partial charge in [-0.05, 0) is 175 Å². The molecule has 0 aliphatic carbocycles. The highest BCUT2D eigenvalue weighted by molar-refractivity contribution is 7.27. The average Bonchev–Trinajstić information content (AvgIpc) is 1.53. The molecule has 0 radical (unpaired) electrons. The van der Waals surface area contributed by atoms with Crippen molar-refractivity contribution in [3.63, 3.8) is 0 Å². The van der Waals surface area contributed by atoms with Gasteiger partial charge in [0.05, 0.1) is 99.1 Å². The fourth-order valence-corrected chi connectivity index (χ4v) is 18.3. The van der Waals surface area contributed by atoms with Gasteiger partial charge in [-0.3, -0.25) is 9.13 Å². The zero-order valence-electron chi connectivity index (χ0n) is 57.1. The summed E-state index contributed by atoms with van der Waals surface area (Å²) < 4.78 is 12.1. The van der Waals surface area contributed by atoms with E-state index in [1.165, 1.54) is 103 Å². The van der Waals surface area contributed by atoms with Crippen molar-refractivity contribution in [2.45, 2.75) is 20.8 Å². The number of hydrogen-bond donors (Lipinski definition) is 0. The molecule has 488 valence electrons. The van der Waals surface area contributed by atoms with E-state index in [9.17, 15) is 0 Å². The van der Waals surface area contributed by atoms with Gasteiger partial charge in [0.25, 0.3) is 0 Å². The first-order valence-corrected chi connectivity index (χ1v) is 36.3. The fourth-order valence-electron chi connectivity index (χ4n) is 16.8. The van der Waals surface area contributed by atoms with Crippen LogP contribution in [-0.4, -0.2) is 38.2 Å². The molecular weight excluding hydrogens is 1290 g/mol. The van der Waals surface area contributed by atoms with E-state index in [2.05, 4.69) is 361 Å². The highest BCUT2D eigenvalue weighted by Crippen LogP contribution is 2.54. The zero-order valence-corrected chi connectivity index (χ0v) is 57.9. The lowest BCUT2D eigenvalue weighted by Gasteiger charge is -2.20. The lowest BCUT2D eigenvalue weighted by molar-refractivity contribution is 1.08. The first-order chi connectivity index (χ1) is 51.4. The van der Waals surface area contributed by atoms with Crippen LogP contribution in [0.4, 0.5) is 0 Å². The van der Waals surface area contributed by atoms with Gasteiger partial charge in [0, 0.05) is 65.0 Å².